The first-order valence-corrected chi connectivity index (χ1v) is 48.3. The molecule has 0 aliphatic rings. The van der Waals surface area contributed by atoms with E-state index in [1.165, 1.54) is 257 Å². The van der Waals surface area contributed by atoms with E-state index >= 15 is 0 Å². The van der Waals surface area contributed by atoms with Gasteiger partial charge in [-0.25, -0.2) is 9.13 Å². The molecule has 0 aliphatic heterocycles. The number of unbranched alkanes of at least 4 members (excludes halogenated alkanes) is 49. The minimum atomic E-state index is -4.97. The van der Waals surface area contributed by atoms with Crippen molar-refractivity contribution in [3.8, 4) is 0 Å². The van der Waals surface area contributed by atoms with Crippen molar-refractivity contribution >= 4 is 39.5 Å². The zero-order chi connectivity index (χ0) is 78.8. The van der Waals surface area contributed by atoms with E-state index in [2.05, 4.69) is 55.4 Å². The van der Waals surface area contributed by atoms with Crippen LogP contribution in [-0.4, -0.2) is 96.7 Å². The molecule has 0 aromatic heterocycles. The van der Waals surface area contributed by atoms with Gasteiger partial charge >= 0.3 is 39.5 Å². The van der Waals surface area contributed by atoms with Gasteiger partial charge in [-0.2, -0.15) is 0 Å². The smallest absolute Gasteiger partial charge is 0.462 e. The highest BCUT2D eigenvalue weighted by atomic mass is 31.2. The molecule has 107 heavy (non-hydrogen) atoms. The van der Waals surface area contributed by atoms with Gasteiger partial charge in [-0.1, -0.05) is 409 Å². The molecule has 3 N–H and O–H groups in total. The zero-order valence-corrected chi connectivity index (χ0v) is 72.6. The third-order valence-electron chi connectivity index (χ3n) is 21.3. The Labute approximate surface area is 658 Å². The van der Waals surface area contributed by atoms with Crippen molar-refractivity contribution in [2.75, 3.05) is 39.6 Å². The summed E-state index contributed by atoms with van der Waals surface area (Å²) in [6.45, 7) is 14.4. The molecular weight excluding hydrogens is 1390 g/mol. The van der Waals surface area contributed by atoms with E-state index in [9.17, 15) is 43.2 Å². The van der Waals surface area contributed by atoms with Gasteiger partial charge in [-0.3, -0.25) is 37.3 Å². The second-order valence-electron chi connectivity index (χ2n) is 33.1. The molecule has 0 spiro atoms. The number of aliphatic hydroxyl groups is 1. The van der Waals surface area contributed by atoms with E-state index in [1.807, 2.05) is 0 Å². The Morgan fingerprint density at radius 3 is 0.664 bits per heavy atom. The quantitative estimate of drug-likeness (QED) is 0.0222. The Hall–Kier alpha value is -1.94. The summed E-state index contributed by atoms with van der Waals surface area (Å²) < 4.78 is 68.9. The maximum Gasteiger partial charge on any atom is 0.472 e. The van der Waals surface area contributed by atoms with Crippen LogP contribution in [-0.2, 0) is 65.4 Å². The Morgan fingerprint density at radius 1 is 0.262 bits per heavy atom. The van der Waals surface area contributed by atoms with Crippen LogP contribution in [0.15, 0.2) is 0 Å². The first-order chi connectivity index (χ1) is 51.7. The van der Waals surface area contributed by atoms with Crippen LogP contribution < -0.4 is 0 Å². The van der Waals surface area contributed by atoms with Crippen LogP contribution in [0, 0.1) is 23.7 Å². The number of hydrogen-bond donors (Lipinski definition) is 3. The van der Waals surface area contributed by atoms with Gasteiger partial charge < -0.3 is 33.8 Å². The summed E-state index contributed by atoms with van der Waals surface area (Å²) in [5.41, 5.74) is 0. The van der Waals surface area contributed by atoms with Gasteiger partial charge in [0, 0.05) is 25.7 Å². The third-order valence-corrected chi connectivity index (χ3v) is 23.2. The van der Waals surface area contributed by atoms with Crippen molar-refractivity contribution in [3.05, 3.63) is 0 Å². The molecule has 0 saturated heterocycles. The van der Waals surface area contributed by atoms with E-state index in [4.69, 9.17) is 37.0 Å². The van der Waals surface area contributed by atoms with E-state index in [1.54, 1.807) is 0 Å². The minimum Gasteiger partial charge on any atom is -0.462 e. The lowest BCUT2D eigenvalue weighted by atomic mass is 9.99. The average Bonchev–Trinajstić information content (AvgIpc) is 0.900. The number of phosphoric acid groups is 2. The van der Waals surface area contributed by atoms with Crippen LogP contribution in [0.25, 0.3) is 0 Å². The number of esters is 4. The summed E-state index contributed by atoms with van der Waals surface area (Å²) in [7, 11) is -9.93. The molecule has 19 heteroatoms. The molecule has 0 aromatic rings. The number of aliphatic hydroxyl groups excluding tert-OH is 1. The summed E-state index contributed by atoms with van der Waals surface area (Å²) in [6.07, 6.45) is 66.8. The molecule has 0 saturated carbocycles. The number of rotatable bonds is 85. The lowest BCUT2D eigenvalue weighted by molar-refractivity contribution is -0.161. The lowest BCUT2D eigenvalue weighted by Gasteiger charge is -2.21. The molecule has 0 aliphatic carbocycles. The number of carbonyl (C=O) groups is 4. The first-order valence-electron chi connectivity index (χ1n) is 45.3. The van der Waals surface area contributed by atoms with Gasteiger partial charge in [0.05, 0.1) is 26.4 Å². The maximum absolute atomic E-state index is 13.2. The maximum atomic E-state index is 13.2. The predicted octanol–water partition coefficient (Wildman–Crippen LogP) is 26.7. The fourth-order valence-corrected chi connectivity index (χ4v) is 15.2. The standard InChI is InChI=1S/C88H172O17P2/c1-9-80(7)66-58-50-41-35-29-23-17-13-11-12-14-18-25-31-37-43-52-60-68-85(90)98-74-83(104-87(92)70-62-54-44-38-32-26-19-15-16-22-28-34-40-48-56-64-78(3)4)76-102-106(94,95)100-72-82(89)73-101-107(96,97)103-77-84(75-99-86(91)69-61-53-47-46-49-57-65-79(5)6)105-88(93)71-63-55-45-39-33-27-21-20-24-30-36-42-51-59-67-81(8)10-2/h78-84,89H,9-77H2,1-8H3,(H,94,95)(H,96,97)/t80?,81?,82-,83-,84-/m1/s1. The Kier molecular flexibility index (Phi) is 75.3. The number of carbonyl (C=O) groups excluding carboxylic acids is 4. The van der Waals surface area contributed by atoms with Crippen LogP contribution >= 0.6 is 15.6 Å². The molecule has 0 rings (SSSR count). The molecule has 17 nitrogen and oxygen atoms in total. The third kappa shape index (κ3) is 79.1. The summed E-state index contributed by atoms with van der Waals surface area (Å²) >= 11 is 0. The fourth-order valence-electron chi connectivity index (χ4n) is 13.6. The van der Waals surface area contributed by atoms with Gasteiger partial charge in [-0.15, -0.1) is 0 Å². The Morgan fingerprint density at radius 2 is 0.449 bits per heavy atom. The van der Waals surface area contributed by atoms with Crippen molar-refractivity contribution in [3.63, 3.8) is 0 Å². The highest BCUT2D eigenvalue weighted by Crippen LogP contribution is 2.45. The van der Waals surface area contributed by atoms with Gasteiger partial charge in [0.25, 0.3) is 0 Å². The molecular formula is C88H172O17P2. The summed E-state index contributed by atoms with van der Waals surface area (Å²) in [5, 5.41) is 10.7. The van der Waals surface area contributed by atoms with Gasteiger partial charge in [0.2, 0.25) is 0 Å². The Bertz CT molecular complexity index is 2080. The molecule has 0 heterocycles. The van der Waals surface area contributed by atoms with Crippen LogP contribution in [0.5, 0.6) is 0 Å². The monoisotopic (exact) mass is 1560 g/mol. The highest BCUT2D eigenvalue weighted by molar-refractivity contribution is 7.47. The number of hydrogen-bond acceptors (Lipinski definition) is 15. The SMILES string of the molecule is CCC(C)CCCCCCCCCCCCCCCCCCCCC(=O)OC[C@H](COP(=O)(O)OC[C@@H](O)COP(=O)(O)OC[C@@H](COC(=O)CCCCCCCCC(C)C)OC(=O)CCCCCCCCCCCCCCCCC(C)CC)OC(=O)CCCCCCCCCCCCCCCCCC(C)C. The second-order valence-corrected chi connectivity index (χ2v) is 36.0. The van der Waals surface area contributed by atoms with Crippen molar-refractivity contribution in [2.24, 2.45) is 23.7 Å². The van der Waals surface area contributed by atoms with Gasteiger partial charge in [-0.05, 0) is 49.4 Å². The van der Waals surface area contributed by atoms with Gasteiger partial charge in [0.15, 0.2) is 12.2 Å². The first kappa shape index (κ1) is 105. The van der Waals surface area contributed by atoms with E-state index in [0.29, 0.717) is 31.6 Å². The van der Waals surface area contributed by atoms with Crippen LogP contribution in [0.1, 0.15) is 460 Å². The topological polar surface area (TPSA) is 237 Å². The van der Waals surface area contributed by atoms with Crippen molar-refractivity contribution in [1.29, 1.82) is 0 Å². The van der Waals surface area contributed by atoms with Crippen molar-refractivity contribution < 1.29 is 80.2 Å². The minimum absolute atomic E-state index is 0.106. The van der Waals surface area contributed by atoms with E-state index in [0.717, 1.165) is 114 Å². The van der Waals surface area contributed by atoms with Crippen LogP contribution in [0.4, 0.5) is 0 Å². The molecule has 636 valence electrons. The van der Waals surface area contributed by atoms with Crippen LogP contribution in [0.3, 0.4) is 0 Å². The zero-order valence-electron chi connectivity index (χ0n) is 70.8. The Balaban J connectivity index is 5.20. The summed E-state index contributed by atoms with van der Waals surface area (Å²) in [6, 6.07) is 0. The van der Waals surface area contributed by atoms with E-state index in [-0.39, 0.29) is 25.7 Å². The average molecular weight is 1560 g/mol. The lowest BCUT2D eigenvalue weighted by Crippen LogP contribution is -2.30. The molecule has 7 atom stereocenters. The van der Waals surface area contributed by atoms with Crippen LogP contribution in [0.2, 0.25) is 0 Å². The molecule has 4 unspecified atom stereocenters. The summed E-state index contributed by atoms with van der Waals surface area (Å²) in [4.78, 5) is 73.2. The summed E-state index contributed by atoms with van der Waals surface area (Å²) in [5.74, 6) is 1.09. The molecule has 0 fully saturated rings. The molecule has 0 radical (unpaired) electrons. The van der Waals surface area contributed by atoms with Crippen molar-refractivity contribution in [1.82, 2.24) is 0 Å². The molecule has 0 amide bonds. The highest BCUT2D eigenvalue weighted by Gasteiger charge is 2.31. The van der Waals surface area contributed by atoms with Gasteiger partial charge in [0.1, 0.15) is 19.3 Å². The second kappa shape index (κ2) is 76.7. The number of phosphoric ester groups is 2. The molecule has 0 aromatic carbocycles. The normalized spacial score (nSPS) is 14.4. The van der Waals surface area contributed by atoms with E-state index < -0.39 is 97.5 Å². The molecule has 0 bridgehead atoms. The van der Waals surface area contributed by atoms with Crippen molar-refractivity contribution in [2.45, 2.75) is 478 Å². The largest absolute Gasteiger partial charge is 0.472 e. The number of ether oxygens (including phenoxy) is 4. The fraction of sp³-hybridized carbons (Fsp3) is 0.955. The predicted molar refractivity (Wildman–Crippen MR) is 441 cm³/mol.